The van der Waals surface area contributed by atoms with Crippen molar-refractivity contribution in [3.63, 3.8) is 0 Å². The molecule has 1 aromatic carbocycles. The number of nitrogens with zero attached hydrogens (tertiary/aromatic N) is 2. The summed E-state index contributed by atoms with van der Waals surface area (Å²) in [5.74, 6) is 0.751. The Hall–Kier alpha value is -1.64. The fraction of sp³-hybridized carbons (Fsp3) is 0.467. The summed E-state index contributed by atoms with van der Waals surface area (Å²) < 4.78 is 1.85. The van der Waals surface area contributed by atoms with Crippen LogP contribution in [0.15, 0.2) is 24.3 Å². The number of aryl methyl sites for hydroxylation is 1. The summed E-state index contributed by atoms with van der Waals surface area (Å²) in [6.07, 6.45) is 2.15. The van der Waals surface area contributed by atoms with Crippen molar-refractivity contribution >= 4 is 16.7 Å². The Morgan fingerprint density at radius 3 is 2.83 bits per heavy atom. The normalized spacial score (nSPS) is 12.8. The van der Waals surface area contributed by atoms with Gasteiger partial charge in [0.05, 0.1) is 17.6 Å². The monoisotopic (exact) mass is 244 g/mol. The molecular formula is C15H20N2O. The van der Waals surface area contributed by atoms with Gasteiger partial charge in [-0.2, -0.15) is 5.10 Å². The lowest BCUT2D eigenvalue weighted by Gasteiger charge is -2.05. The maximum atomic E-state index is 12.0. The van der Waals surface area contributed by atoms with Gasteiger partial charge in [-0.05, 0) is 12.0 Å². The summed E-state index contributed by atoms with van der Waals surface area (Å²) in [6, 6.07) is 8.06. The fourth-order valence-electron chi connectivity index (χ4n) is 2.21. The number of Topliss-reactive ketones (excluding diaryl/α,β-unsaturated/α-hetero) is 1. The first-order chi connectivity index (χ1) is 8.61. The first kappa shape index (κ1) is 12.8. The summed E-state index contributed by atoms with van der Waals surface area (Å²) in [7, 11) is 1.92. The van der Waals surface area contributed by atoms with Crippen LogP contribution in [0.5, 0.6) is 0 Å². The van der Waals surface area contributed by atoms with Crippen molar-refractivity contribution in [1.82, 2.24) is 9.78 Å². The molecule has 1 aromatic heterocycles. The minimum absolute atomic E-state index is 0.285. The van der Waals surface area contributed by atoms with E-state index in [1.54, 1.807) is 0 Å². The van der Waals surface area contributed by atoms with Gasteiger partial charge in [-0.25, -0.2) is 0 Å². The van der Waals surface area contributed by atoms with Crippen molar-refractivity contribution < 1.29 is 4.79 Å². The third kappa shape index (κ3) is 2.61. The van der Waals surface area contributed by atoms with E-state index in [4.69, 9.17) is 0 Å². The average molecular weight is 244 g/mol. The quantitative estimate of drug-likeness (QED) is 0.810. The molecule has 0 aliphatic carbocycles. The van der Waals surface area contributed by atoms with E-state index in [0.717, 1.165) is 23.0 Å². The van der Waals surface area contributed by atoms with Gasteiger partial charge in [0.2, 0.25) is 0 Å². The largest absolute Gasteiger partial charge is 0.299 e. The summed E-state index contributed by atoms with van der Waals surface area (Å²) in [5.41, 5.74) is 1.99. The molecule has 0 aliphatic heterocycles. The summed E-state index contributed by atoms with van der Waals surface area (Å²) in [4.78, 5) is 12.0. The molecule has 0 saturated heterocycles. The molecule has 18 heavy (non-hydrogen) atoms. The third-order valence-corrected chi connectivity index (χ3v) is 3.47. The van der Waals surface area contributed by atoms with Gasteiger partial charge in [0.1, 0.15) is 5.78 Å². The molecule has 2 aromatic rings. The van der Waals surface area contributed by atoms with Crippen molar-refractivity contribution in [3.05, 3.63) is 30.0 Å². The zero-order valence-corrected chi connectivity index (χ0v) is 11.3. The van der Waals surface area contributed by atoms with Gasteiger partial charge in [-0.15, -0.1) is 0 Å². The molecule has 0 fully saturated rings. The lowest BCUT2D eigenvalue weighted by molar-refractivity contribution is -0.119. The topological polar surface area (TPSA) is 34.9 Å². The highest BCUT2D eigenvalue weighted by Crippen LogP contribution is 2.19. The van der Waals surface area contributed by atoms with E-state index in [0.29, 0.717) is 18.8 Å². The Labute approximate surface area is 108 Å². The first-order valence-electron chi connectivity index (χ1n) is 6.54. The molecule has 0 aliphatic rings. The predicted molar refractivity (Wildman–Crippen MR) is 73.5 cm³/mol. The van der Waals surface area contributed by atoms with Crippen LogP contribution in [0.1, 0.15) is 32.4 Å². The SMILES string of the molecule is CCC(C)CC(=O)Cc1nn(C)c2ccccc12. The van der Waals surface area contributed by atoms with E-state index in [1.165, 1.54) is 0 Å². The van der Waals surface area contributed by atoms with Crippen molar-refractivity contribution in [2.45, 2.75) is 33.1 Å². The molecule has 0 saturated carbocycles. The Bertz CT molecular complexity index is 557. The second-order valence-corrected chi connectivity index (χ2v) is 5.02. The highest BCUT2D eigenvalue weighted by molar-refractivity contribution is 5.88. The third-order valence-electron chi connectivity index (χ3n) is 3.47. The Kier molecular flexibility index (Phi) is 3.80. The zero-order valence-electron chi connectivity index (χ0n) is 11.3. The summed E-state index contributed by atoms with van der Waals surface area (Å²) in [6.45, 7) is 4.24. The second kappa shape index (κ2) is 5.34. The molecule has 3 nitrogen and oxygen atoms in total. The molecular weight excluding hydrogens is 224 g/mol. The summed E-state index contributed by atoms with van der Waals surface area (Å²) >= 11 is 0. The maximum Gasteiger partial charge on any atom is 0.139 e. The van der Waals surface area contributed by atoms with Crippen LogP contribution in [0.4, 0.5) is 0 Å². The Morgan fingerprint density at radius 2 is 2.11 bits per heavy atom. The van der Waals surface area contributed by atoms with Crippen LogP contribution in [0.3, 0.4) is 0 Å². The number of aromatic nitrogens is 2. The Morgan fingerprint density at radius 1 is 1.39 bits per heavy atom. The lowest BCUT2D eigenvalue weighted by Crippen LogP contribution is -2.08. The first-order valence-corrected chi connectivity index (χ1v) is 6.54. The molecule has 1 atom stereocenters. The predicted octanol–water partition coefficient (Wildman–Crippen LogP) is 3.12. The number of carbonyl (C=O) groups excluding carboxylic acids is 1. The molecule has 1 unspecified atom stereocenters. The van der Waals surface area contributed by atoms with Crippen LogP contribution >= 0.6 is 0 Å². The number of para-hydroxylation sites is 1. The smallest absolute Gasteiger partial charge is 0.139 e. The molecule has 0 amide bonds. The van der Waals surface area contributed by atoms with Crippen LogP contribution in [0.25, 0.3) is 10.9 Å². The molecule has 2 rings (SSSR count). The number of ketones is 1. The van der Waals surface area contributed by atoms with Gasteiger partial charge in [-0.3, -0.25) is 9.48 Å². The van der Waals surface area contributed by atoms with Crippen LogP contribution in [0, 0.1) is 5.92 Å². The van der Waals surface area contributed by atoms with E-state index in [2.05, 4.69) is 18.9 Å². The standard InChI is InChI=1S/C15H20N2O/c1-4-11(2)9-12(18)10-14-13-7-5-6-8-15(13)17(3)16-14/h5-8,11H,4,9-10H2,1-3H3. The maximum absolute atomic E-state index is 12.0. The van der Waals surface area contributed by atoms with E-state index in [-0.39, 0.29) is 5.78 Å². The van der Waals surface area contributed by atoms with E-state index >= 15 is 0 Å². The number of hydrogen-bond donors (Lipinski definition) is 0. The number of carbonyl (C=O) groups is 1. The van der Waals surface area contributed by atoms with E-state index < -0.39 is 0 Å². The highest BCUT2D eigenvalue weighted by atomic mass is 16.1. The number of rotatable bonds is 5. The Balaban J connectivity index is 2.19. The van der Waals surface area contributed by atoms with Gasteiger partial charge in [0.15, 0.2) is 0 Å². The molecule has 0 bridgehead atoms. The van der Waals surface area contributed by atoms with Crippen molar-refractivity contribution in [2.24, 2.45) is 13.0 Å². The van der Waals surface area contributed by atoms with Gasteiger partial charge in [0, 0.05) is 18.9 Å². The highest BCUT2D eigenvalue weighted by Gasteiger charge is 2.13. The minimum Gasteiger partial charge on any atom is -0.299 e. The van der Waals surface area contributed by atoms with Gasteiger partial charge in [-0.1, -0.05) is 38.5 Å². The minimum atomic E-state index is 0.285. The van der Waals surface area contributed by atoms with Gasteiger partial charge >= 0.3 is 0 Å². The molecule has 1 heterocycles. The number of hydrogen-bond acceptors (Lipinski definition) is 2. The fourth-order valence-corrected chi connectivity index (χ4v) is 2.21. The van der Waals surface area contributed by atoms with Crippen molar-refractivity contribution in [3.8, 4) is 0 Å². The average Bonchev–Trinajstić information content (AvgIpc) is 2.67. The molecule has 0 N–H and O–H groups in total. The van der Waals surface area contributed by atoms with Crippen molar-refractivity contribution in [1.29, 1.82) is 0 Å². The molecule has 0 radical (unpaired) electrons. The molecule has 3 heteroatoms. The van der Waals surface area contributed by atoms with Gasteiger partial charge in [0.25, 0.3) is 0 Å². The number of fused-ring (bicyclic) bond motifs is 1. The molecule has 0 spiro atoms. The zero-order chi connectivity index (χ0) is 13.1. The van der Waals surface area contributed by atoms with Crippen LogP contribution in [-0.4, -0.2) is 15.6 Å². The lowest BCUT2D eigenvalue weighted by atomic mass is 9.99. The van der Waals surface area contributed by atoms with E-state index in [1.807, 2.05) is 36.0 Å². The second-order valence-electron chi connectivity index (χ2n) is 5.02. The van der Waals surface area contributed by atoms with Crippen LogP contribution < -0.4 is 0 Å². The summed E-state index contributed by atoms with van der Waals surface area (Å²) in [5, 5.41) is 5.55. The number of benzene rings is 1. The van der Waals surface area contributed by atoms with Gasteiger partial charge < -0.3 is 0 Å². The van der Waals surface area contributed by atoms with E-state index in [9.17, 15) is 4.79 Å². The van der Waals surface area contributed by atoms with Crippen molar-refractivity contribution in [2.75, 3.05) is 0 Å². The van der Waals surface area contributed by atoms with Crippen LogP contribution in [0.2, 0.25) is 0 Å². The van der Waals surface area contributed by atoms with Crippen LogP contribution in [-0.2, 0) is 18.3 Å². The molecule has 96 valence electrons.